The van der Waals surface area contributed by atoms with Crippen molar-refractivity contribution in [3.8, 4) is 5.75 Å². The van der Waals surface area contributed by atoms with Gasteiger partial charge in [-0.05, 0) is 41.7 Å². The summed E-state index contributed by atoms with van der Waals surface area (Å²) in [5.74, 6) is 2.15. The molecule has 2 aromatic heterocycles. The molecule has 0 unspecified atom stereocenters. The summed E-state index contributed by atoms with van der Waals surface area (Å²) in [6, 6.07) is 28.9. The van der Waals surface area contributed by atoms with E-state index in [-0.39, 0.29) is 0 Å². The Morgan fingerprint density at radius 2 is 1.50 bits per heavy atom. The van der Waals surface area contributed by atoms with Crippen LogP contribution in [0.15, 0.2) is 91.3 Å². The molecule has 5 rings (SSSR count). The molecule has 0 aliphatic rings. The molecular weight excluding hydrogens is 448 g/mol. The average Bonchev–Trinajstić information content (AvgIpc) is 3.34. The van der Waals surface area contributed by atoms with Gasteiger partial charge in [0.2, 0.25) is 5.95 Å². The number of anilines is 2. The lowest BCUT2D eigenvalue weighted by molar-refractivity contribution is 0.414. The van der Waals surface area contributed by atoms with Crippen LogP contribution in [0.2, 0.25) is 0 Å². The SMILES string of the molecule is COc1ccc(CNc2nc(NCCCc3ccccc3)nc3c2ncn3Cc2ccccc2)cc1. The molecule has 182 valence electrons. The highest BCUT2D eigenvalue weighted by atomic mass is 16.5. The number of hydrogen-bond donors (Lipinski definition) is 2. The number of nitrogens with zero attached hydrogens (tertiary/aromatic N) is 4. The average molecular weight is 479 g/mol. The number of rotatable bonds is 11. The van der Waals surface area contributed by atoms with Gasteiger partial charge in [-0.25, -0.2) is 4.98 Å². The van der Waals surface area contributed by atoms with Gasteiger partial charge >= 0.3 is 0 Å². The fourth-order valence-corrected chi connectivity index (χ4v) is 4.11. The van der Waals surface area contributed by atoms with Crippen molar-refractivity contribution in [3.05, 3.63) is 108 Å². The molecule has 2 heterocycles. The van der Waals surface area contributed by atoms with Crippen molar-refractivity contribution in [2.45, 2.75) is 25.9 Å². The second-order valence-electron chi connectivity index (χ2n) is 8.64. The number of imidazole rings is 1. The van der Waals surface area contributed by atoms with Gasteiger partial charge in [-0.3, -0.25) is 0 Å². The summed E-state index contributed by atoms with van der Waals surface area (Å²) in [5.41, 5.74) is 5.22. The number of methoxy groups -OCH3 is 1. The van der Waals surface area contributed by atoms with E-state index in [0.29, 0.717) is 24.9 Å². The summed E-state index contributed by atoms with van der Waals surface area (Å²) < 4.78 is 7.34. The summed E-state index contributed by atoms with van der Waals surface area (Å²) in [6.07, 6.45) is 3.83. The van der Waals surface area contributed by atoms with Crippen LogP contribution in [0.25, 0.3) is 11.2 Å². The van der Waals surface area contributed by atoms with Crippen LogP contribution < -0.4 is 15.4 Å². The van der Waals surface area contributed by atoms with Crippen LogP contribution >= 0.6 is 0 Å². The van der Waals surface area contributed by atoms with Gasteiger partial charge < -0.3 is 19.9 Å². The molecule has 36 heavy (non-hydrogen) atoms. The van der Waals surface area contributed by atoms with Crippen molar-refractivity contribution in [1.82, 2.24) is 19.5 Å². The number of fused-ring (bicyclic) bond motifs is 1. The minimum absolute atomic E-state index is 0.600. The Bertz CT molecular complexity index is 1380. The molecule has 0 aliphatic heterocycles. The number of hydrogen-bond acceptors (Lipinski definition) is 6. The minimum Gasteiger partial charge on any atom is -0.497 e. The van der Waals surface area contributed by atoms with Crippen molar-refractivity contribution >= 4 is 22.9 Å². The van der Waals surface area contributed by atoms with Gasteiger partial charge in [-0.2, -0.15) is 9.97 Å². The van der Waals surface area contributed by atoms with Gasteiger partial charge in [-0.1, -0.05) is 72.8 Å². The van der Waals surface area contributed by atoms with Crippen LogP contribution in [-0.4, -0.2) is 33.2 Å². The Balaban J connectivity index is 1.35. The highest BCUT2D eigenvalue weighted by Gasteiger charge is 2.14. The number of ether oxygens (including phenoxy) is 1. The van der Waals surface area contributed by atoms with Crippen LogP contribution in [0, 0.1) is 0 Å². The van der Waals surface area contributed by atoms with E-state index in [1.807, 2.05) is 54.9 Å². The molecule has 0 radical (unpaired) electrons. The molecule has 5 aromatic rings. The topological polar surface area (TPSA) is 76.9 Å². The van der Waals surface area contributed by atoms with E-state index in [2.05, 4.69) is 56.6 Å². The Kier molecular flexibility index (Phi) is 7.37. The molecule has 0 saturated carbocycles. The smallest absolute Gasteiger partial charge is 0.226 e. The largest absolute Gasteiger partial charge is 0.497 e. The molecule has 0 saturated heterocycles. The zero-order chi connectivity index (χ0) is 24.6. The fraction of sp³-hybridized carbons (Fsp3) is 0.207. The van der Waals surface area contributed by atoms with Crippen molar-refractivity contribution in [2.75, 3.05) is 24.3 Å². The molecule has 7 heteroatoms. The Morgan fingerprint density at radius 3 is 2.22 bits per heavy atom. The van der Waals surface area contributed by atoms with Crippen LogP contribution in [0.1, 0.15) is 23.1 Å². The molecule has 0 spiro atoms. The lowest BCUT2D eigenvalue weighted by Gasteiger charge is -2.11. The Labute approximate surface area is 211 Å². The molecule has 0 atom stereocenters. The van der Waals surface area contributed by atoms with E-state index >= 15 is 0 Å². The van der Waals surface area contributed by atoms with Gasteiger partial charge in [0.05, 0.1) is 20.0 Å². The fourth-order valence-electron chi connectivity index (χ4n) is 4.11. The van der Waals surface area contributed by atoms with Gasteiger partial charge in [0.1, 0.15) is 5.75 Å². The number of benzene rings is 3. The first-order valence-corrected chi connectivity index (χ1v) is 12.2. The van der Waals surface area contributed by atoms with Crippen LogP contribution in [-0.2, 0) is 19.5 Å². The van der Waals surface area contributed by atoms with Gasteiger partial charge in [0.25, 0.3) is 0 Å². The predicted molar refractivity (Wildman–Crippen MR) is 144 cm³/mol. The zero-order valence-corrected chi connectivity index (χ0v) is 20.4. The highest BCUT2D eigenvalue weighted by molar-refractivity contribution is 5.84. The van der Waals surface area contributed by atoms with Crippen molar-refractivity contribution in [1.29, 1.82) is 0 Å². The molecular formula is C29H30N6O. The van der Waals surface area contributed by atoms with Crippen molar-refractivity contribution < 1.29 is 4.74 Å². The van der Waals surface area contributed by atoms with E-state index in [4.69, 9.17) is 14.7 Å². The first kappa shape index (κ1) is 23.4. The third-order valence-electron chi connectivity index (χ3n) is 6.05. The first-order valence-electron chi connectivity index (χ1n) is 12.2. The lowest BCUT2D eigenvalue weighted by atomic mass is 10.1. The van der Waals surface area contributed by atoms with E-state index in [0.717, 1.165) is 41.9 Å². The van der Waals surface area contributed by atoms with Crippen LogP contribution in [0.3, 0.4) is 0 Å². The standard InChI is InChI=1S/C29H30N6O/c1-36-25-16-14-23(15-17-25)19-31-27-26-28(35(21-32-26)20-24-11-6-3-7-12-24)34-29(33-27)30-18-8-13-22-9-4-2-5-10-22/h2-7,9-12,14-17,21H,8,13,18-20H2,1H3,(H2,30,31,33,34). The van der Waals surface area contributed by atoms with Gasteiger partial charge in [-0.15, -0.1) is 0 Å². The Hall–Kier alpha value is -4.39. The maximum Gasteiger partial charge on any atom is 0.226 e. The van der Waals surface area contributed by atoms with Gasteiger partial charge in [0, 0.05) is 13.1 Å². The molecule has 2 N–H and O–H groups in total. The van der Waals surface area contributed by atoms with E-state index in [9.17, 15) is 0 Å². The molecule has 0 bridgehead atoms. The highest BCUT2D eigenvalue weighted by Crippen LogP contribution is 2.23. The second kappa shape index (κ2) is 11.4. The quantitative estimate of drug-likeness (QED) is 0.243. The van der Waals surface area contributed by atoms with Crippen molar-refractivity contribution in [2.24, 2.45) is 0 Å². The summed E-state index contributed by atoms with van der Waals surface area (Å²) in [4.78, 5) is 14.3. The van der Waals surface area contributed by atoms with E-state index < -0.39 is 0 Å². The molecule has 7 nitrogen and oxygen atoms in total. The van der Waals surface area contributed by atoms with Crippen LogP contribution in [0.4, 0.5) is 11.8 Å². The minimum atomic E-state index is 0.600. The number of aromatic nitrogens is 4. The number of aryl methyl sites for hydroxylation is 1. The molecule has 0 amide bonds. The number of nitrogens with one attached hydrogen (secondary N) is 2. The first-order chi connectivity index (χ1) is 17.8. The van der Waals surface area contributed by atoms with Crippen LogP contribution in [0.5, 0.6) is 5.75 Å². The third-order valence-corrected chi connectivity index (χ3v) is 6.05. The molecule has 3 aromatic carbocycles. The normalized spacial score (nSPS) is 10.9. The molecule has 0 aliphatic carbocycles. The van der Waals surface area contributed by atoms with E-state index in [1.54, 1.807) is 7.11 Å². The maximum absolute atomic E-state index is 5.27. The molecule has 0 fully saturated rings. The monoisotopic (exact) mass is 478 g/mol. The Morgan fingerprint density at radius 1 is 0.778 bits per heavy atom. The maximum atomic E-state index is 5.27. The summed E-state index contributed by atoms with van der Waals surface area (Å²) in [7, 11) is 1.67. The van der Waals surface area contributed by atoms with Crippen molar-refractivity contribution in [3.63, 3.8) is 0 Å². The summed E-state index contributed by atoms with van der Waals surface area (Å²) >= 11 is 0. The summed E-state index contributed by atoms with van der Waals surface area (Å²) in [5, 5.41) is 6.89. The zero-order valence-electron chi connectivity index (χ0n) is 20.4. The second-order valence-corrected chi connectivity index (χ2v) is 8.64. The summed E-state index contributed by atoms with van der Waals surface area (Å²) in [6.45, 7) is 2.10. The van der Waals surface area contributed by atoms with Gasteiger partial charge in [0.15, 0.2) is 17.0 Å². The predicted octanol–water partition coefficient (Wildman–Crippen LogP) is 5.54. The van der Waals surface area contributed by atoms with E-state index in [1.165, 1.54) is 11.1 Å². The third kappa shape index (κ3) is 5.81. The lowest BCUT2D eigenvalue weighted by Crippen LogP contribution is -2.10.